The maximum atomic E-state index is 10.1. The van der Waals surface area contributed by atoms with Crippen LogP contribution in [-0.4, -0.2) is 24.2 Å². The highest BCUT2D eigenvalue weighted by atomic mass is 16.7. The summed E-state index contributed by atoms with van der Waals surface area (Å²) >= 11 is 0. The minimum atomic E-state index is 0.242. The summed E-state index contributed by atoms with van der Waals surface area (Å²) in [5.41, 5.74) is 2.80. The minimum absolute atomic E-state index is 0.242. The normalized spacial score (nSPS) is 26.4. The van der Waals surface area contributed by atoms with Crippen molar-refractivity contribution >= 4 is 6.47 Å². The molecule has 1 rings (SSSR count). The van der Waals surface area contributed by atoms with Crippen molar-refractivity contribution < 1.29 is 14.7 Å². The number of nitrogens with one attached hydrogen (secondary N) is 1. The van der Waals surface area contributed by atoms with Crippen molar-refractivity contribution in [2.24, 2.45) is 17.8 Å². The van der Waals surface area contributed by atoms with Crippen LogP contribution in [0.25, 0.3) is 0 Å². The van der Waals surface area contributed by atoms with E-state index in [0.29, 0.717) is 24.2 Å². The zero-order valence-electron chi connectivity index (χ0n) is 9.48. The molecule has 0 aromatic rings. The number of rotatable bonds is 8. The second-order valence-electron chi connectivity index (χ2n) is 4.74. The van der Waals surface area contributed by atoms with Gasteiger partial charge in [-0.2, -0.15) is 5.48 Å². The first-order valence-electron chi connectivity index (χ1n) is 5.64. The Kier molecular flexibility index (Phi) is 5.05. The van der Waals surface area contributed by atoms with Crippen LogP contribution in [0.4, 0.5) is 0 Å². The average Bonchev–Trinajstić information content (AvgIpc) is 2.92. The van der Waals surface area contributed by atoms with Crippen molar-refractivity contribution in [1.29, 1.82) is 0 Å². The van der Waals surface area contributed by atoms with Crippen molar-refractivity contribution in [1.82, 2.24) is 5.48 Å². The molecule has 1 fully saturated rings. The molecule has 4 nitrogen and oxygen atoms in total. The molecular formula is C11H21NO3. The third-order valence-electron chi connectivity index (χ3n) is 2.99. The van der Waals surface area contributed by atoms with Gasteiger partial charge in [0.15, 0.2) is 0 Å². The smallest absolute Gasteiger partial charge is 0.312 e. The van der Waals surface area contributed by atoms with Crippen molar-refractivity contribution in [3.63, 3.8) is 0 Å². The van der Waals surface area contributed by atoms with Gasteiger partial charge in [0.2, 0.25) is 0 Å². The average molecular weight is 215 g/mol. The first-order chi connectivity index (χ1) is 7.19. The predicted molar refractivity (Wildman–Crippen MR) is 56.8 cm³/mol. The van der Waals surface area contributed by atoms with Crippen LogP contribution in [0.3, 0.4) is 0 Å². The van der Waals surface area contributed by atoms with E-state index in [1.165, 1.54) is 0 Å². The lowest BCUT2D eigenvalue weighted by Gasteiger charge is -2.18. The molecule has 0 heterocycles. The van der Waals surface area contributed by atoms with Gasteiger partial charge in [-0.25, -0.2) is 0 Å². The molecule has 1 aliphatic carbocycles. The van der Waals surface area contributed by atoms with Crippen LogP contribution in [0.5, 0.6) is 0 Å². The summed E-state index contributed by atoms with van der Waals surface area (Å²) in [4.78, 5) is 14.8. The van der Waals surface area contributed by atoms with Gasteiger partial charge in [-0.1, -0.05) is 13.8 Å². The van der Waals surface area contributed by atoms with E-state index in [2.05, 4.69) is 24.2 Å². The monoisotopic (exact) mass is 215 g/mol. The van der Waals surface area contributed by atoms with Crippen LogP contribution >= 0.6 is 0 Å². The molecule has 0 amide bonds. The molecule has 0 radical (unpaired) electrons. The SMILES string of the molecule is CC(C)CC(NOC=O)C1CC1CCO. The predicted octanol–water partition coefficient (Wildman–Crippen LogP) is 1.10. The van der Waals surface area contributed by atoms with Crippen LogP contribution < -0.4 is 5.48 Å². The molecule has 0 aromatic carbocycles. The van der Waals surface area contributed by atoms with E-state index in [4.69, 9.17) is 5.11 Å². The van der Waals surface area contributed by atoms with Crippen molar-refractivity contribution in [2.75, 3.05) is 6.61 Å². The Morgan fingerprint density at radius 3 is 2.87 bits per heavy atom. The van der Waals surface area contributed by atoms with E-state index in [-0.39, 0.29) is 12.6 Å². The second kappa shape index (κ2) is 6.08. The number of hydrogen-bond donors (Lipinski definition) is 2. The maximum Gasteiger partial charge on any atom is 0.312 e. The lowest BCUT2D eigenvalue weighted by atomic mass is 9.99. The summed E-state index contributed by atoms with van der Waals surface area (Å²) in [7, 11) is 0. The first-order valence-corrected chi connectivity index (χ1v) is 5.64. The molecule has 0 aromatic heterocycles. The van der Waals surface area contributed by atoms with E-state index < -0.39 is 0 Å². The fourth-order valence-electron chi connectivity index (χ4n) is 2.19. The molecule has 1 saturated carbocycles. The lowest BCUT2D eigenvalue weighted by Crippen LogP contribution is -2.33. The second-order valence-corrected chi connectivity index (χ2v) is 4.74. The van der Waals surface area contributed by atoms with Crippen LogP contribution in [0.1, 0.15) is 33.1 Å². The third kappa shape index (κ3) is 4.18. The molecule has 88 valence electrons. The molecule has 0 aliphatic heterocycles. The Morgan fingerprint density at radius 1 is 1.60 bits per heavy atom. The molecule has 4 heteroatoms. The van der Waals surface area contributed by atoms with Gasteiger partial charge in [0.25, 0.3) is 0 Å². The van der Waals surface area contributed by atoms with Crippen molar-refractivity contribution in [2.45, 2.75) is 39.2 Å². The Labute approximate surface area is 91.0 Å². The fraction of sp³-hybridized carbons (Fsp3) is 0.909. The van der Waals surface area contributed by atoms with Gasteiger partial charge >= 0.3 is 6.47 Å². The summed E-state index contributed by atoms with van der Waals surface area (Å²) in [6, 6.07) is 0.242. The molecule has 0 bridgehead atoms. The summed E-state index contributed by atoms with van der Waals surface area (Å²) in [5.74, 6) is 1.73. The lowest BCUT2D eigenvalue weighted by molar-refractivity contribution is -0.137. The molecular weight excluding hydrogens is 194 g/mol. The number of hydrogen-bond acceptors (Lipinski definition) is 4. The first kappa shape index (κ1) is 12.5. The fourth-order valence-corrected chi connectivity index (χ4v) is 2.19. The van der Waals surface area contributed by atoms with Gasteiger partial charge in [0.1, 0.15) is 0 Å². The summed E-state index contributed by atoms with van der Waals surface area (Å²) in [6.45, 7) is 4.99. The molecule has 1 aliphatic rings. The van der Waals surface area contributed by atoms with Gasteiger partial charge in [-0.05, 0) is 37.0 Å². The van der Waals surface area contributed by atoms with Crippen LogP contribution in [-0.2, 0) is 9.63 Å². The van der Waals surface area contributed by atoms with E-state index in [9.17, 15) is 4.79 Å². The molecule has 2 N–H and O–H groups in total. The maximum absolute atomic E-state index is 10.1. The van der Waals surface area contributed by atoms with E-state index in [0.717, 1.165) is 19.3 Å². The number of carbonyl (C=O) groups excluding carboxylic acids is 1. The van der Waals surface area contributed by atoms with Crippen LogP contribution in [0.15, 0.2) is 0 Å². The molecule has 3 atom stereocenters. The highest BCUT2D eigenvalue weighted by molar-refractivity contribution is 5.36. The van der Waals surface area contributed by atoms with Gasteiger partial charge in [-0.15, -0.1) is 0 Å². The number of aliphatic hydroxyl groups is 1. The van der Waals surface area contributed by atoms with Gasteiger partial charge in [-0.3, -0.25) is 4.79 Å². The zero-order valence-corrected chi connectivity index (χ0v) is 9.48. The number of aliphatic hydroxyl groups excluding tert-OH is 1. The zero-order chi connectivity index (χ0) is 11.3. The Bertz CT molecular complexity index is 196. The van der Waals surface area contributed by atoms with Crippen LogP contribution in [0, 0.1) is 17.8 Å². The highest BCUT2D eigenvalue weighted by Gasteiger charge is 2.42. The summed E-state index contributed by atoms with van der Waals surface area (Å²) < 4.78 is 0. The van der Waals surface area contributed by atoms with E-state index in [1.807, 2.05) is 0 Å². The Hall–Kier alpha value is -0.610. The quantitative estimate of drug-likeness (QED) is 0.470. The molecule has 0 spiro atoms. The van der Waals surface area contributed by atoms with Gasteiger partial charge < -0.3 is 9.94 Å². The third-order valence-corrected chi connectivity index (χ3v) is 2.99. The molecule has 0 saturated heterocycles. The highest BCUT2D eigenvalue weighted by Crippen LogP contribution is 2.44. The summed E-state index contributed by atoms with van der Waals surface area (Å²) in [6.07, 6.45) is 3.00. The largest absolute Gasteiger partial charge is 0.396 e. The van der Waals surface area contributed by atoms with E-state index in [1.54, 1.807) is 0 Å². The molecule has 3 unspecified atom stereocenters. The number of carbonyl (C=O) groups is 1. The standard InChI is InChI=1S/C11H21NO3/c1-8(2)5-11(12-15-7-14)10-6-9(10)3-4-13/h7-13H,3-6H2,1-2H3. The number of hydroxylamine groups is 1. The van der Waals surface area contributed by atoms with Crippen molar-refractivity contribution in [3.05, 3.63) is 0 Å². The summed E-state index contributed by atoms with van der Waals surface area (Å²) in [5, 5.41) is 8.83. The van der Waals surface area contributed by atoms with Crippen LogP contribution in [0.2, 0.25) is 0 Å². The van der Waals surface area contributed by atoms with Crippen molar-refractivity contribution in [3.8, 4) is 0 Å². The Morgan fingerprint density at radius 2 is 2.33 bits per heavy atom. The van der Waals surface area contributed by atoms with E-state index >= 15 is 0 Å². The van der Waals surface area contributed by atoms with Gasteiger partial charge in [0, 0.05) is 12.6 Å². The minimum Gasteiger partial charge on any atom is -0.396 e. The topological polar surface area (TPSA) is 58.6 Å². The Balaban J connectivity index is 2.32. The van der Waals surface area contributed by atoms with Gasteiger partial charge in [0.05, 0.1) is 0 Å². The molecule has 15 heavy (non-hydrogen) atoms.